The van der Waals surface area contributed by atoms with E-state index in [9.17, 15) is 5.11 Å². The van der Waals surface area contributed by atoms with Gasteiger partial charge in [0.05, 0.1) is 11.8 Å². The second kappa shape index (κ2) is 5.46. The topological polar surface area (TPSA) is 50.1 Å². The fourth-order valence-electron chi connectivity index (χ4n) is 1.96. The van der Waals surface area contributed by atoms with Gasteiger partial charge in [-0.25, -0.2) is 0 Å². The summed E-state index contributed by atoms with van der Waals surface area (Å²) in [6.07, 6.45) is 2.51. The van der Waals surface area contributed by atoms with Gasteiger partial charge in [-0.1, -0.05) is 13.8 Å². The van der Waals surface area contributed by atoms with Crippen molar-refractivity contribution in [3.05, 3.63) is 18.0 Å². The highest BCUT2D eigenvalue weighted by molar-refractivity contribution is 4.98. The number of hydrogen-bond acceptors (Lipinski definition) is 3. The molecule has 0 fully saturated rings. The summed E-state index contributed by atoms with van der Waals surface area (Å²) < 4.78 is 1.80. The molecule has 0 saturated carbocycles. The number of hydrogen-bond donors (Lipinski definition) is 2. The number of aromatic nitrogens is 2. The van der Waals surface area contributed by atoms with Crippen LogP contribution in [0, 0.1) is 5.41 Å². The van der Waals surface area contributed by atoms with Crippen LogP contribution in [0.25, 0.3) is 0 Å². The molecule has 0 bridgehead atoms. The molecule has 0 saturated heterocycles. The SMILES string of the molecule is CC(O)CC(C)(C)CNCc1ccn(C)n1. The highest BCUT2D eigenvalue weighted by atomic mass is 16.3. The predicted octanol–water partition coefficient (Wildman–Crippen LogP) is 1.31. The van der Waals surface area contributed by atoms with Crippen LogP contribution in [0.5, 0.6) is 0 Å². The molecular weight excluding hydrogens is 202 g/mol. The van der Waals surface area contributed by atoms with E-state index in [1.54, 1.807) is 4.68 Å². The van der Waals surface area contributed by atoms with E-state index < -0.39 is 0 Å². The van der Waals surface area contributed by atoms with Crippen molar-refractivity contribution in [2.45, 2.75) is 39.8 Å². The van der Waals surface area contributed by atoms with Gasteiger partial charge < -0.3 is 10.4 Å². The fourth-order valence-corrected chi connectivity index (χ4v) is 1.96. The largest absolute Gasteiger partial charge is 0.393 e. The van der Waals surface area contributed by atoms with Crippen LogP contribution < -0.4 is 5.32 Å². The molecule has 0 aliphatic heterocycles. The molecule has 0 radical (unpaired) electrons. The van der Waals surface area contributed by atoms with Crippen LogP contribution in [0.1, 0.15) is 32.9 Å². The number of aryl methyl sites for hydroxylation is 1. The minimum Gasteiger partial charge on any atom is -0.393 e. The normalized spacial score (nSPS) is 14.1. The maximum absolute atomic E-state index is 9.36. The quantitative estimate of drug-likeness (QED) is 0.767. The summed E-state index contributed by atoms with van der Waals surface area (Å²) in [4.78, 5) is 0. The first-order valence-electron chi connectivity index (χ1n) is 5.76. The summed E-state index contributed by atoms with van der Waals surface area (Å²) in [7, 11) is 1.92. The van der Waals surface area contributed by atoms with Crippen molar-refractivity contribution >= 4 is 0 Å². The van der Waals surface area contributed by atoms with Crippen LogP contribution >= 0.6 is 0 Å². The molecule has 0 amide bonds. The molecule has 4 heteroatoms. The Kier molecular flexibility index (Phi) is 4.50. The van der Waals surface area contributed by atoms with E-state index in [1.807, 2.05) is 26.2 Å². The molecule has 4 nitrogen and oxygen atoms in total. The molecule has 1 aromatic rings. The second-order valence-corrected chi connectivity index (χ2v) is 5.30. The highest BCUT2D eigenvalue weighted by Crippen LogP contribution is 2.21. The van der Waals surface area contributed by atoms with E-state index in [0.717, 1.165) is 25.2 Å². The van der Waals surface area contributed by atoms with E-state index in [4.69, 9.17) is 0 Å². The van der Waals surface area contributed by atoms with Crippen molar-refractivity contribution in [1.29, 1.82) is 0 Å². The van der Waals surface area contributed by atoms with Crippen molar-refractivity contribution < 1.29 is 5.11 Å². The molecule has 1 rings (SSSR count). The molecule has 16 heavy (non-hydrogen) atoms. The monoisotopic (exact) mass is 225 g/mol. The second-order valence-electron chi connectivity index (χ2n) is 5.30. The van der Waals surface area contributed by atoms with Crippen molar-refractivity contribution in [2.24, 2.45) is 12.5 Å². The molecule has 0 aromatic carbocycles. The van der Waals surface area contributed by atoms with Crippen LogP contribution in [-0.4, -0.2) is 27.5 Å². The van der Waals surface area contributed by atoms with Gasteiger partial charge in [-0.05, 0) is 24.8 Å². The van der Waals surface area contributed by atoms with Gasteiger partial charge in [0.1, 0.15) is 0 Å². The Balaban J connectivity index is 2.29. The summed E-state index contributed by atoms with van der Waals surface area (Å²) in [5.41, 5.74) is 1.17. The van der Waals surface area contributed by atoms with Gasteiger partial charge in [-0.3, -0.25) is 4.68 Å². The average molecular weight is 225 g/mol. The molecule has 0 aliphatic rings. The van der Waals surface area contributed by atoms with Crippen molar-refractivity contribution in [2.75, 3.05) is 6.54 Å². The maximum Gasteiger partial charge on any atom is 0.0762 e. The first kappa shape index (κ1) is 13.2. The van der Waals surface area contributed by atoms with Crippen molar-refractivity contribution in [3.8, 4) is 0 Å². The summed E-state index contributed by atoms with van der Waals surface area (Å²) in [5.74, 6) is 0. The minimum atomic E-state index is -0.244. The van der Waals surface area contributed by atoms with E-state index in [2.05, 4.69) is 24.3 Å². The predicted molar refractivity (Wildman–Crippen MR) is 65.0 cm³/mol. The zero-order valence-corrected chi connectivity index (χ0v) is 10.7. The molecule has 1 unspecified atom stereocenters. The van der Waals surface area contributed by atoms with Gasteiger partial charge in [0, 0.05) is 26.3 Å². The van der Waals surface area contributed by atoms with Crippen molar-refractivity contribution in [1.82, 2.24) is 15.1 Å². The third kappa shape index (κ3) is 4.77. The molecular formula is C12H23N3O. The van der Waals surface area contributed by atoms with Crippen LogP contribution in [0.2, 0.25) is 0 Å². The number of aliphatic hydroxyl groups excluding tert-OH is 1. The molecule has 1 atom stereocenters. The van der Waals surface area contributed by atoms with Gasteiger partial charge in [-0.15, -0.1) is 0 Å². The van der Waals surface area contributed by atoms with Crippen LogP contribution in [0.3, 0.4) is 0 Å². The Bertz CT molecular complexity index is 318. The number of aliphatic hydroxyl groups is 1. The van der Waals surface area contributed by atoms with E-state index >= 15 is 0 Å². The summed E-state index contributed by atoms with van der Waals surface area (Å²) in [5, 5.41) is 17.0. The minimum absolute atomic E-state index is 0.114. The lowest BCUT2D eigenvalue weighted by atomic mass is 9.87. The van der Waals surface area contributed by atoms with Gasteiger partial charge in [0.15, 0.2) is 0 Å². The Labute approximate surface area is 97.7 Å². The summed E-state index contributed by atoms with van der Waals surface area (Å²) >= 11 is 0. The van der Waals surface area contributed by atoms with Gasteiger partial charge in [-0.2, -0.15) is 5.10 Å². The van der Waals surface area contributed by atoms with Crippen LogP contribution in [-0.2, 0) is 13.6 Å². The van der Waals surface area contributed by atoms with E-state index in [-0.39, 0.29) is 11.5 Å². The van der Waals surface area contributed by atoms with E-state index in [0.29, 0.717) is 0 Å². The lowest BCUT2D eigenvalue weighted by molar-refractivity contribution is 0.128. The molecule has 0 aliphatic carbocycles. The van der Waals surface area contributed by atoms with Gasteiger partial charge in [0.2, 0.25) is 0 Å². The third-order valence-corrected chi connectivity index (χ3v) is 2.53. The first-order chi connectivity index (χ1) is 7.39. The Hall–Kier alpha value is -0.870. The molecule has 92 valence electrons. The van der Waals surface area contributed by atoms with Crippen LogP contribution in [0.15, 0.2) is 12.3 Å². The maximum atomic E-state index is 9.36. The van der Waals surface area contributed by atoms with Gasteiger partial charge in [0.25, 0.3) is 0 Å². The summed E-state index contributed by atoms with van der Waals surface area (Å²) in [6.45, 7) is 7.81. The third-order valence-electron chi connectivity index (χ3n) is 2.53. The Morgan fingerprint density at radius 2 is 2.25 bits per heavy atom. The lowest BCUT2D eigenvalue weighted by Gasteiger charge is -2.26. The Morgan fingerprint density at radius 1 is 1.56 bits per heavy atom. The lowest BCUT2D eigenvalue weighted by Crippen LogP contribution is -2.31. The summed E-state index contributed by atoms with van der Waals surface area (Å²) in [6, 6.07) is 2.01. The number of rotatable bonds is 6. The standard InChI is InChI=1S/C12H23N3O/c1-10(16)7-12(2,3)9-13-8-11-5-6-15(4)14-11/h5-6,10,13,16H,7-9H2,1-4H3. The number of nitrogens with zero attached hydrogens (tertiary/aromatic N) is 2. The fraction of sp³-hybridized carbons (Fsp3) is 0.750. The highest BCUT2D eigenvalue weighted by Gasteiger charge is 2.19. The first-order valence-corrected chi connectivity index (χ1v) is 5.76. The molecule has 1 heterocycles. The molecule has 0 spiro atoms. The molecule has 2 N–H and O–H groups in total. The van der Waals surface area contributed by atoms with Crippen LogP contribution in [0.4, 0.5) is 0 Å². The van der Waals surface area contributed by atoms with E-state index in [1.165, 1.54) is 0 Å². The van der Waals surface area contributed by atoms with Crippen molar-refractivity contribution in [3.63, 3.8) is 0 Å². The Morgan fingerprint density at radius 3 is 2.75 bits per heavy atom. The number of nitrogens with one attached hydrogen (secondary N) is 1. The van der Waals surface area contributed by atoms with Gasteiger partial charge >= 0.3 is 0 Å². The average Bonchev–Trinajstić information content (AvgIpc) is 2.48. The zero-order valence-electron chi connectivity index (χ0n) is 10.7. The smallest absolute Gasteiger partial charge is 0.0762 e. The molecule has 1 aromatic heterocycles. The zero-order chi connectivity index (χ0) is 12.2.